The van der Waals surface area contributed by atoms with Crippen LogP contribution < -0.4 is 24.4 Å². The first-order valence-electron chi connectivity index (χ1n) is 10.3. The Morgan fingerprint density at radius 2 is 2.10 bits per heavy atom. The molecule has 0 saturated heterocycles. The Hall–Kier alpha value is -3.22. The molecule has 0 aliphatic carbocycles. The maximum absolute atomic E-state index is 12.7. The Kier molecular flexibility index (Phi) is 5.79. The van der Waals surface area contributed by atoms with E-state index in [0.29, 0.717) is 31.2 Å². The van der Waals surface area contributed by atoms with Gasteiger partial charge >= 0.3 is 0 Å². The number of fused-ring (bicyclic) bond motifs is 2. The van der Waals surface area contributed by atoms with Gasteiger partial charge in [-0.05, 0) is 38.1 Å². The highest BCUT2D eigenvalue weighted by atomic mass is 16.5. The normalized spacial score (nSPS) is 17.3. The molecule has 2 aromatic rings. The minimum absolute atomic E-state index is 0.0678. The van der Waals surface area contributed by atoms with E-state index < -0.39 is 0 Å². The van der Waals surface area contributed by atoms with Crippen LogP contribution in [-0.4, -0.2) is 37.7 Å². The molecule has 1 unspecified atom stereocenters. The molecule has 1 N–H and O–H groups in total. The lowest BCUT2D eigenvalue weighted by Gasteiger charge is -2.21. The number of ether oxygens (including phenoxy) is 3. The summed E-state index contributed by atoms with van der Waals surface area (Å²) in [6, 6.07) is 11.2. The first-order chi connectivity index (χ1) is 14.5. The van der Waals surface area contributed by atoms with Crippen molar-refractivity contribution in [3.05, 3.63) is 47.5 Å². The second-order valence-corrected chi connectivity index (χ2v) is 7.46. The van der Waals surface area contributed by atoms with Crippen LogP contribution in [0.5, 0.6) is 17.2 Å². The van der Waals surface area contributed by atoms with E-state index in [0.717, 1.165) is 29.0 Å². The standard InChI is InChI=1S/C23H26N2O5/c1-3-28-20-11-16-10-15(2)30-21(16)12-17(20)13-24-22(26)14-25-18-6-4-5-7-19(18)29-9-8-23(25)27/h4-7,11-12,15H,3,8-10,13-14H2,1-2H3,(H,24,26). The lowest BCUT2D eigenvalue weighted by molar-refractivity contribution is -0.124. The van der Waals surface area contributed by atoms with Crippen molar-refractivity contribution in [1.29, 1.82) is 0 Å². The van der Waals surface area contributed by atoms with Crippen molar-refractivity contribution in [3.63, 3.8) is 0 Å². The van der Waals surface area contributed by atoms with Crippen LogP contribution in [0.4, 0.5) is 5.69 Å². The molecule has 0 spiro atoms. The number of rotatable bonds is 6. The fraction of sp³-hybridized carbons (Fsp3) is 0.391. The number of nitrogens with one attached hydrogen (secondary N) is 1. The summed E-state index contributed by atoms with van der Waals surface area (Å²) in [5.41, 5.74) is 2.59. The first kappa shape index (κ1) is 20.1. The number of nitrogens with zero attached hydrogens (tertiary/aromatic N) is 1. The summed E-state index contributed by atoms with van der Waals surface area (Å²) < 4.78 is 17.2. The molecule has 2 aliphatic heterocycles. The number of carbonyl (C=O) groups excluding carboxylic acids is 2. The molecule has 2 aromatic carbocycles. The molecule has 1 atom stereocenters. The van der Waals surface area contributed by atoms with E-state index in [1.54, 1.807) is 12.1 Å². The van der Waals surface area contributed by atoms with Crippen LogP contribution in [0.1, 0.15) is 31.4 Å². The minimum atomic E-state index is -0.253. The molecular formula is C23H26N2O5. The van der Waals surface area contributed by atoms with Gasteiger partial charge in [0.15, 0.2) is 0 Å². The molecule has 7 heteroatoms. The highest BCUT2D eigenvalue weighted by Crippen LogP contribution is 2.35. The van der Waals surface area contributed by atoms with E-state index in [1.165, 1.54) is 4.90 Å². The number of para-hydroxylation sites is 2. The van der Waals surface area contributed by atoms with E-state index >= 15 is 0 Å². The third-order valence-electron chi connectivity index (χ3n) is 5.19. The van der Waals surface area contributed by atoms with Gasteiger partial charge in [-0.15, -0.1) is 0 Å². The van der Waals surface area contributed by atoms with Gasteiger partial charge in [0, 0.05) is 24.1 Å². The smallest absolute Gasteiger partial charge is 0.240 e. The molecule has 0 fully saturated rings. The maximum atomic E-state index is 12.7. The Bertz CT molecular complexity index is 959. The van der Waals surface area contributed by atoms with Crippen molar-refractivity contribution >= 4 is 17.5 Å². The average Bonchev–Trinajstić information content (AvgIpc) is 3.01. The lowest BCUT2D eigenvalue weighted by Crippen LogP contribution is -2.40. The summed E-state index contributed by atoms with van der Waals surface area (Å²) in [5.74, 6) is 1.81. The van der Waals surface area contributed by atoms with Crippen molar-refractivity contribution in [2.75, 3.05) is 24.7 Å². The molecule has 30 heavy (non-hydrogen) atoms. The van der Waals surface area contributed by atoms with Gasteiger partial charge in [0.1, 0.15) is 29.9 Å². The molecule has 158 valence electrons. The van der Waals surface area contributed by atoms with Gasteiger partial charge in [0.05, 0.1) is 25.3 Å². The molecule has 0 bridgehead atoms. The van der Waals surface area contributed by atoms with Gasteiger partial charge in [-0.2, -0.15) is 0 Å². The zero-order chi connectivity index (χ0) is 21.1. The highest BCUT2D eigenvalue weighted by molar-refractivity contribution is 6.00. The maximum Gasteiger partial charge on any atom is 0.240 e. The predicted octanol–water partition coefficient (Wildman–Crippen LogP) is 2.84. The van der Waals surface area contributed by atoms with Crippen molar-refractivity contribution in [3.8, 4) is 17.2 Å². The van der Waals surface area contributed by atoms with Crippen LogP contribution in [0.2, 0.25) is 0 Å². The summed E-state index contributed by atoms with van der Waals surface area (Å²) in [7, 11) is 0. The Labute approximate surface area is 175 Å². The minimum Gasteiger partial charge on any atom is -0.494 e. The van der Waals surface area contributed by atoms with Crippen molar-refractivity contribution in [2.24, 2.45) is 0 Å². The Balaban J connectivity index is 1.46. The number of carbonyl (C=O) groups is 2. The fourth-order valence-electron chi connectivity index (χ4n) is 3.80. The lowest BCUT2D eigenvalue weighted by atomic mass is 10.1. The number of hydrogen-bond acceptors (Lipinski definition) is 5. The van der Waals surface area contributed by atoms with E-state index in [4.69, 9.17) is 14.2 Å². The third kappa shape index (κ3) is 4.20. The molecule has 0 saturated carbocycles. The van der Waals surface area contributed by atoms with Gasteiger partial charge in [0.2, 0.25) is 11.8 Å². The van der Waals surface area contributed by atoms with Gasteiger partial charge in [-0.25, -0.2) is 0 Å². The number of anilines is 1. The summed E-state index contributed by atoms with van der Waals surface area (Å²) in [6.45, 7) is 5.02. The topological polar surface area (TPSA) is 77.1 Å². The van der Waals surface area contributed by atoms with E-state index in [9.17, 15) is 9.59 Å². The van der Waals surface area contributed by atoms with E-state index in [-0.39, 0.29) is 30.9 Å². The van der Waals surface area contributed by atoms with Gasteiger partial charge in [-0.1, -0.05) is 12.1 Å². The summed E-state index contributed by atoms with van der Waals surface area (Å²) in [5, 5.41) is 2.91. The summed E-state index contributed by atoms with van der Waals surface area (Å²) >= 11 is 0. The van der Waals surface area contributed by atoms with Crippen LogP contribution in [-0.2, 0) is 22.6 Å². The summed E-state index contributed by atoms with van der Waals surface area (Å²) in [4.78, 5) is 26.7. The quantitative estimate of drug-likeness (QED) is 0.793. The van der Waals surface area contributed by atoms with Crippen LogP contribution in [0, 0.1) is 0 Å². The second-order valence-electron chi connectivity index (χ2n) is 7.46. The van der Waals surface area contributed by atoms with Crippen LogP contribution in [0.3, 0.4) is 0 Å². The second kappa shape index (κ2) is 8.65. The van der Waals surface area contributed by atoms with E-state index in [1.807, 2.05) is 38.1 Å². The molecule has 2 amide bonds. The Morgan fingerprint density at radius 1 is 1.27 bits per heavy atom. The van der Waals surface area contributed by atoms with Crippen molar-refractivity contribution < 1.29 is 23.8 Å². The molecule has 0 aromatic heterocycles. The molecular weight excluding hydrogens is 384 g/mol. The monoisotopic (exact) mass is 410 g/mol. The fourth-order valence-corrected chi connectivity index (χ4v) is 3.80. The van der Waals surface area contributed by atoms with Crippen LogP contribution in [0.15, 0.2) is 36.4 Å². The molecule has 7 nitrogen and oxygen atoms in total. The van der Waals surface area contributed by atoms with Gasteiger partial charge in [-0.3, -0.25) is 14.5 Å². The van der Waals surface area contributed by atoms with Crippen LogP contribution >= 0.6 is 0 Å². The van der Waals surface area contributed by atoms with Gasteiger partial charge in [0.25, 0.3) is 0 Å². The van der Waals surface area contributed by atoms with E-state index in [2.05, 4.69) is 5.32 Å². The van der Waals surface area contributed by atoms with Crippen molar-refractivity contribution in [1.82, 2.24) is 5.32 Å². The highest BCUT2D eigenvalue weighted by Gasteiger charge is 2.26. The third-order valence-corrected chi connectivity index (χ3v) is 5.19. The van der Waals surface area contributed by atoms with Crippen molar-refractivity contribution in [2.45, 2.75) is 39.3 Å². The molecule has 2 aliphatic rings. The Morgan fingerprint density at radius 3 is 2.93 bits per heavy atom. The number of hydrogen-bond donors (Lipinski definition) is 1. The first-order valence-corrected chi connectivity index (χ1v) is 10.3. The molecule has 4 rings (SSSR count). The average molecular weight is 410 g/mol. The summed E-state index contributed by atoms with van der Waals surface area (Å²) in [6.07, 6.45) is 1.22. The SMILES string of the molecule is CCOc1cc2c(cc1CNC(=O)CN1C(=O)CCOc3ccccc31)OC(C)C2. The zero-order valence-electron chi connectivity index (χ0n) is 17.3. The zero-order valence-corrected chi connectivity index (χ0v) is 17.3. The van der Waals surface area contributed by atoms with Gasteiger partial charge < -0.3 is 19.5 Å². The molecule has 0 radical (unpaired) electrons. The number of benzene rings is 2. The number of amides is 2. The molecule has 2 heterocycles. The largest absolute Gasteiger partial charge is 0.494 e. The predicted molar refractivity (Wildman–Crippen MR) is 112 cm³/mol. The van der Waals surface area contributed by atoms with Crippen LogP contribution in [0.25, 0.3) is 0 Å².